The number of thioether (sulfide) groups is 1. The molecule has 0 fully saturated rings. The molecule has 1 aromatic heterocycles. The van der Waals surface area contributed by atoms with Crippen molar-refractivity contribution in [1.29, 1.82) is 0 Å². The number of carboxylic acids is 1. The average Bonchev–Trinajstić information content (AvgIpc) is 2.75. The van der Waals surface area contributed by atoms with Crippen LogP contribution >= 0.6 is 11.8 Å². The van der Waals surface area contributed by atoms with Gasteiger partial charge in [0, 0.05) is 12.4 Å². The van der Waals surface area contributed by atoms with Gasteiger partial charge in [-0.25, -0.2) is 4.79 Å². The first-order chi connectivity index (χ1) is 7.74. The lowest BCUT2D eigenvalue weighted by Crippen LogP contribution is -2.36. The Bertz CT molecular complexity index is 329. The molecule has 7 heteroatoms. The Labute approximate surface area is 97.0 Å². The summed E-state index contributed by atoms with van der Waals surface area (Å²) in [4.78, 5) is 20.8. The highest BCUT2D eigenvalue weighted by Crippen LogP contribution is 2.07. The monoisotopic (exact) mass is 243 g/mol. The van der Waals surface area contributed by atoms with E-state index in [0.717, 1.165) is 0 Å². The molecule has 88 valence electrons. The van der Waals surface area contributed by atoms with Gasteiger partial charge in [0.15, 0.2) is 0 Å². The van der Waals surface area contributed by atoms with Crippen LogP contribution < -0.4 is 5.32 Å². The van der Waals surface area contributed by atoms with Crippen LogP contribution in [0.1, 0.15) is 6.42 Å². The topological polar surface area (TPSA) is 84.2 Å². The third-order valence-electron chi connectivity index (χ3n) is 1.90. The van der Waals surface area contributed by atoms with Gasteiger partial charge in [-0.2, -0.15) is 5.10 Å². The number of nitrogens with one attached hydrogen (secondary N) is 1. The number of hydrogen-bond acceptors (Lipinski definition) is 4. The number of rotatable bonds is 8. The van der Waals surface area contributed by atoms with E-state index in [1.807, 2.05) is 12.3 Å². The minimum absolute atomic E-state index is 0.403. The molecular weight excluding hydrogens is 230 g/mol. The normalized spacial score (nSPS) is 12.0. The van der Waals surface area contributed by atoms with Crippen molar-refractivity contribution in [3.05, 3.63) is 18.5 Å². The molecule has 1 amide bonds. The van der Waals surface area contributed by atoms with E-state index < -0.39 is 12.0 Å². The van der Waals surface area contributed by atoms with Gasteiger partial charge >= 0.3 is 5.97 Å². The van der Waals surface area contributed by atoms with Crippen molar-refractivity contribution >= 4 is 24.1 Å². The molecule has 0 aliphatic heterocycles. The third-order valence-corrected chi connectivity index (χ3v) is 2.87. The number of carboxylic acid groups (broad SMARTS) is 1. The summed E-state index contributed by atoms with van der Waals surface area (Å²) >= 11 is 1.56. The fraction of sp³-hybridized carbons (Fsp3) is 0.444. The largest absolute Gasteiger partial charge is 0.480 e. The molecule has 1 unspecified atom stereocenters. The molecule has 0 spiro atoms. The van der Waals surface area contributed by atoms with Crippen molar-refractivity contribution in [2.75, 3.05) is 5.75 Å². The molecule has 0 bridgehead atoms. The maximum absolute atomic E-state index is 10.7. The summed E-state index contributed by atoms with van der Waals surface area (Å²) in [5, 5.41) is 15.0. The van der Waals surface area contributed by atoms with Crippen LogP contribution in [0.25, 0.3) is 0 Å². The Kier molecular flexibility index (Phi) is 5.41. The highest BCUT2D eigenvalue weighted by molar-refractivity contribution is 7.98. The first-order valence-electron chi connectivity index (χ1n) is 4.71. The summed E-state index contributed by atoms with van der Waals surface area (Å²) < 4.78 is 1.76. The lowest BCUT2D eigenvalue weighted by atomic mass is 10.2. The highest BCUT2D eigenvalue weighted by atomic mass is 32.2. The molecule has 1 rings (SSSR count). The molecular formula is C9H13N3O3S. The van der Waals surface area contributed by atoms with Gasteiger partial charge in [-0.15, -0.1) is 11.8 Å². The van der Waals surface area contributed by atoms with Gasteiger partial charge in [-0.1, -0.05) is 0 Å². The summed E-state index contributed by atoms with van der Waals surface area (Å²) in [5.74, 6) is 0.324. The number of nitrogens with zero attached hydrogens (tertiary/aromatic N) is 2. The predicted molar refractivity (Wildman–Crippen MR) is 59.9 cm³/mol. The molecule has 0 aliphatic carbocycles. The van der Waals surface area contributed by atoms with Crippen molar-refractivity contribution in [3.63, 3.8) is 0 Å². The molecule has 0 saturated heterocycles. The second-order valence-electron chi connectivity index (χ2n) is 3.05. The number of hydrogen-bond donors (Lipinski definition) is 2. The molecule has 6 nitrogen and oxygen atoms in total. The second kappa shape index (κ2) is 6.89. The Morgan fingerprint density at radius 1 is 1.69 bits per heavy atom. The van der Waals surface area contributed by atoms with E-state index >= 15 is 0 Å². The van der Waals surface area contributed by atoms with Gasteiger partial charge < -0.3 is 10.4 Å². The summed E-state index contributed by atoms with van der Waals surface area (Å²) in [6.07, 6.45) is 4.34. The Morgan fingerprint density at radius 3 is 3.06 bits per heavy atom. The third kappa shape index (κ3) is 4.35. The molecule has 0 aliphatic rings. The van der Waals surface area contributed by atoms with Gasteiger partial charge in [-0.3, -0.25) is 9.48 Å². The maximum atomic E-state index is 10.7. The molecule has 1 heterocycles. The SMILES string of the molecule is O=CNC(CCSCn1cccn1)C(=O)O. The lowest BCUT2D eigenvalue weighted by molar-refractivity contribution is -0.140. The summed E-state index contributed by atoms with van der Waals surface area (Å²) in [6.45, 7) is 0. The smallest absolute Gasteiger partial charge is 0.326 e. The number of carbonyl (C=O) groups excluding carboxylic acids is 1. The Morgan fingerprint density at radius 2 is 2.50 bits per heavy atom. The van der Waals surface area contributed by atoms with E-state index in [9.17, 15) is 9.59 Å². The summed E-state index contributed by atoms with van der Waals surface area (Å²) in [7, 11) is 0. The first kappa shape index (κ1) is 12.6. The van der Waals surface area contributed by atoms with Gasteiger partial charge in [0.2, 0.25) is 6.41 Å². The number of aromatic nitrogens is 2. The van der Waals surface area contributed by atoms with E-state index in [4.69, 9.17) is 5.11 Å². The molecule has 2 N–H and O–H groups in total. The van der Waals surface area contributed by atoms with Crippen LogP contribution in [0.15, 0.2) is 18.5 Å². The number of aliphatic carboxylic acids is 1. The van der Waals surface area contributed by atoms with Crippen LogP contribution in [-0.2, 0) is 15.5 Å². The van der Waals surface area contributed by atoms with Gasteiger partial charge in [0.1, 0.15) is 6.04 Å². The van der Waals surface area contributed by atoms with Crippen LogP contribution in [0, 0.1) is 0 Å². The van der Waals surface area contributed by atoms with Gasteiger partial charge in [0.25, 0.3) is 0 Å². The number of amides is 1. The zero-order valence-electron chi connectivity index (χ0n) is 8.57. The van der Waals surface area contributed by atoms with Crippen molar-refractivity contribution < 1.29 is 14.7 Å². The number of carbonyl (C=O) groups is 2. The molecule has 0 aromatic carbocycles. The standard InChI is InChI=1S/C9H13N3O3S/c13-6-10-8(9(14)15)2-5-16-7-12-4-1-3-11-12/h1,3-4,6,8H,2,5,7H2,(H,10,13)(H,14,15). The van der Waals surface area contributed by atoms with Crippen LogP contribution in [0.3, 0.4) is 0 Å². The fourth-order valence-electron chi connectivity index (χ4n) is 1.10. The van der Waals surface area contributed by atoms with Crippen molar-refractivity contribution in [1.82, 2.24) is 15.1 Å². The Balaban J connectivity index is 2.18. The molecule has 0 radical (unpaired) electrons. The van der Waals surface area contributed by atoms with E-state index in [-0.39, 0.29) is 0 Å². The minimum Gasteiger partial charge on any atom is -0.480 e. The molecule has 16 heavy (non-hydrogen) atoms. The second-order valence-corrected chi connectivity index (χ2v) is 4.12. The molecule has 1 atom stereocenters. The van der Waals surface area contributed by atoms with Crippen molar-refractivity contribution in [2.24, 2.45) is 0 Å². The summed E-state index contributed by atoms with van der Waals surface area (Å²) in [5.41, 5.74) is 0. The van der Waals surface area contributed by atoms with Crippen molar-refractivity contribution in [3.8, 4) is 0 Å². The fourth-order valence-corrected chi connectivity index (χ4v) is 1.97. The predicted octanol–water partition coefficient (Wildman–Crippen LogP) is 0.163. The van der Waals surface area contributed by atoms with Gasteiger partial charge in [0.05, 0.1) is 5.88 Å². The summed E-state index contributed by atoms with van der Waals surface area (Å²) in [6, 6.07) is 1.02. The highest BCUT2D eigenvalue weighted by Gasteiger charge is 2.15. The van der Waals surface area contributed by atoms with E-state index in [1.54, 1.807) is 22.6 Å². The zero-order valence-corrected chi connectivity index (χ0v) is 9.39. The first-order valence-corrected chi connectivity index (χ1v) is 5.87. The van der Waals surface area contributed by atoms with Crippen LogP contribution in [0.5, 0.6) is 0 Å². The van der Waals surface area contributed by atoms with Crippen LogP contribution in [0.2, 0.25) is 0 Å². The average molecular weight is 243 g/mol. The molecule has 0 saturated carbocycles. The van der Waals surface area contributed by atoms with Crippen LogP contribution in [-0.4, -0.2) is 39.1 Å². The van der Waals surface area contributed by atoms with Gasteiger partial charge in [-0.05, 0) is 18.2 Å². The maximum Gasteiger partial charge on any atom is 0.326 e. The minimum atomic E-state index is -1.01. The quantitative estimate of drug-likeness (QED) is 0.502. The van der Waals surface area contributed by atoms with E-state index in [2.05, 4.69) is 10.4 Å². The van der Waals surface area contributed by atoms with Crippen LogP contribution in [0.4, 0.5) is 0 Å². The zero-order chi connectivity index (χ0) is 11.8. The Hall–Kier alpha value is -1.50. The molecule has 1 aromatic rings. The van der Waals surface area contributed by atoms with Crippen molar-refractivity contribution in [2.45, 2.75) is 18.3 Å². The van der Waals surface area contributed by atoms with E-state index in [1.165, 1.54) is 0 Å². The lowest BCUT2D eigenvalue weighted by Gasteiger charge is -2.10. The van der Waals surface area contributed by atoms with E-state index in [0.29, 0.717) is 24.5 Å².